The van der Waals surface area contributed by atoms with Crippen LogP contribution < -0.4 is 5.32 Å². The number of aryl methyl sites for hydroxylation is 1. The van der Waals surface area contributed by atoms with E-state index in [2.05, 4.69) is 5.32 Å². The van der Waals surface area contributed by atoms with E-state index in [1.165, 1.54) is 13.1 Å². The van der Waals surface area contributed by atoms with Crippen molar-refractivity contribution in [1.82, 2.24) is 5.32 Å². The van der Waals surface area contributed by atoms with Gasteiger partial charge in [0.25, 0.3) is 0 Å². The second-order valence-electron chi connectivity index (χ2n) is 3.35. The normalized spacial score (nSPS) is 14.4. The van der Waals surface area contributed by atoms with Gasteiger partial charge in [-0.1, -0.05) is 6.92 Å². The molecule has 1 atom stereocenters. The zero-order chi connectivity index (χ0) is 12.3. The summed E-state index contributed by atoms with van der Waals surface area (Å²) < 4.78 is 50.9. The lowest BCUT2D eigenvalue weighted by Crippen LogP contribution is -2.40. The first-order chi connectivity index (χ1) is 7.43. The fourth-order valence-electron chi connectivity index (χ4n) is 1.39. The van der Waals surface area contributed by atoms with Crippen LogP contribution in [0.5, 0.6) is 0 Å². The van der Waals surface area contributed by atoms with Crippen LogP contribution in [0.25, 0.3) is 0 Å². The Morgan fingerprint density at radius 1 is 1.38 bits per heavy atom. The Morgan fingerprint density at radius 3 is 2.38 bits per heavy atom. The third-order valence-corrected chi connectivity index (χ3v) is 3.57. The third-order valence-electron chi connectivity index (χ3n) is 2.28. The molecule has 0 fully saturated rings. The summed E-state index contributed by atoms with van der Waals surface area (Å²) in [6.07, 6.45) is -2.96. The molecule has 16 heavy (non-hydrogen) atoms. The van der Waals surface area contributed by atoms with E-state index in [0.29, 0.717) is 6.42 Å². The van der Waals surface area contributed by atoms with Crippen molar-refractivity contribution < 1.29 is 17.6 Å². The molecule has 6 heteroatoms. The second-order valence-corrected chi connectivity index (χ2v) is 4.55. The molecule has 92 valence electrons. The van der Waals surface area contributed by atoms with E-state index in [1.54, 1.807) is 6.07 Å². The van der Waals surface area contributed by atoms with Crippen molar-refractivity contribution in [3.05, 3.63) is 21.9 Å². The van der Waals surface area contributed by atoms with Crippen molar-refractivity contribution in [2.75, 3.05) is 7.05 Å². The fraction of sp³-hybridized carbons (Fsp3) is 0.600. The second kappa shape index (κ2) is 5.14. The summed E-state index contributed by atoms with van der Waals surface area (Å²) in [7, 11) is 1.26. The van der Waals surface area contributed by atoms with Crippen molar-refractivity contribution in [3.8, 4) is 0 Å². The minimum atomic E-state index is -4.05. The highest BCUT2D eigenvalue weighted by Crippen LogP contribution is 2.39. The van der Waals surface area contributed by atoms with E-state index in [9.17, 15) is 17.6 Å². The lowest BCUT2D eigenvalue weighted by molar-refractivity contribution is -0.149. The van der Waals surface area contributed by atoms with Crippen molar-refractivity contribution in [2.45, 2.75) is 31.7 Å². The molecule has 1 aromatic heterocycles. The Hall–Kier alpha value is -0.620. The van der Waals surface area contributed by atoms with Crippen LogP contribution >= 0.6 is 11.3 Å². The number of hydrogen-bond acceptors (Lipinski definition) is 2. The molecule has 0 amide bonds. The monoisotopic (exact) mass is 255 g/mol. The van der Waals surface area contributed by atoms with Gasteiger partial charge < -0.3 is 5.32 Å². The summed E-state index contributed by atoms with van der Waals surface area (Å²) in [6, 6.07) is 1.53. The molecule has 1 N–H and O–H groups in total. The van der Waals surface area contributed by atoms with Gasteiger partial charge in [0.1, 0.15) is 6.04 Å². The largest absolute Gasteiger partial charge is 0.327 e. The van der Waals surface area contributed by atoms with Crippen LogP contribution in [0.4, 0.5) is 17.6 Å². The smallest absolute Gasteiger partial charge is 0.307 e. The van der Waals surface area contributed by atoms with Gasteiger partial charge in [0.2, 0.25) is 0 Å². The van der Waals surface area contributed by atoms with Gasteiger partial charge in [-0.2, -0.15) is 8.78 Å². The van der Waals surface area contributed by atoms with Gasteiger partial charge >= 0.3 is 12.3 Å². The van der Waals surface area contributed by atoms with Gasteiger partial charge in [-0.05, 0) is 25.6 Å². The van der Waals surface area contributed by atoms with Crippen LogP contribution in [0, 0.1) is 0 Å². The summed E-state index contributed by atoms with van der Waals surface area (Å²) >= 11 is 1.13. The quantitative estimate of drug-likeness (QED) is 0.794. The average molecular weight is 255 g/mol. The van der Waals surface area contributed by atoms with Crippen LogP contribution in [0.3, 0.4) is 0 Å². The topological polar surface area (TPSA) is 12.0 Å². The van der Waals surface area contributed by atoms with Gasteiger partial charge in [-0.25, -0.2) is 8.78 Å². The Morgan fingerprint density at radius 2 is 2.00 bits per heavy atom. The van der Waals surface area contributed by atoms with Crippen molar-refractivity contribution in [1.29, 1.82) is 0 Å². The molecule has 0 saturated carbocycles. The van der Waals surface area contributed by atoms with Crippen LogP contribution in [0.1, 0.15) is 22.7 Å². The van der Waals surface area contributed by atoms with Crippen LogP contribution in [0.15, 0.2) is 12.1 Å². The predicted octanol–water partition coefficient (Wildman–Crippen LogP) is 3.47. The number of rotatable bonds is 5. The number of hydrogen-bond donors (Lipinski definition) is 1. The molecular weight excluding hydrogens is 242 g/mol. The van der Waals surface area contributed by atoms with Crippen LogP contribution in [-0.2, 0) is 6.42 Å². The minimum absolute atomic E-state index is 0.240. The van der Waals surface area contributed by atoms with Gasteiger partial charge in [0.15, 0.2) is 0 Å². The maximum absolute atomic E-state index is 13.2. The molecule has 0 aliphatic carbocycles. The highest BCUT2D eigenvalue weighted by molar-refractivity contribution is 7.12. The van der Waals surface area contributed by atoms with Gasteiger partial charge in [-0.3, -0.25) is 0 Å². The number of nitrogens with one attached hydrogen (secondary N) is 1. The van der Waals surface area contributed by atoms with Crippen LogP contribution in [0.2, 0.25) is 0 Å². The van der Waals surface area contributed by atoms with E-state index in [1.807, 2.05) is 6.92 Å². The first kappa shape index (κ1) is 13.4. The lowest BCUT2D eigenvalue weighted by atomic mass is 10.1. The predicted molar refractivity (Wildman–Crippen MR) is 56.4 cm³/mol. The number of halogens is 4. The molecule has 1 unspecified atom stereocenters. The first-order valence-corrected chi connectivity index (χ1v) is 5.67. The molecule has 1 aromatic rings. The highest BCUT2D eigenvalue weighted by Gasteiger charge is 2.49. The van der Waals surface area contributed by atoms with Gasteiger partial charge in [0.05, 0.1) is 0 Å². The SMILES string of the molecule is CCc1ccc(C(NC)C(F)(F)C(F)F)s1. The zero-order valence-corrected chi connectivity index (χ0v) is 9.75. The fourth-order valence-corrected chi connectivity index (χ4v) is 2.50. The average Bonchev–Trinajstić information content (AvgIpc) is 2.66. The van der Waals surface area contributed by atoms with E-state index in [0.717, 1.165) is 16.2 Å². The molecular formula is C10H13F4NS. The van der Waals surface area contributed by atoms with E-state index in [-0.39, 0.29) is 4.88 Å². The van der Waals surface area contributed by atoms with Crippen molar-refractivity contribution >= 4 is 11.3 Å². The highest BCUT2D eigenvalue weighted by atomic mass is 32.1. The Kier molecular flexibility index (Phi) is 4.32. The maximum Gasteiger partial charge on any atom is 0.327 e. The number of thiophene rings is 1. The molecule has 0 radical (unpaired) electrons. The molecule has 1 heterocycles. The Labute approximate surface area is 95.5 Å². The summed E-state index contributed by atoms with van der Waals surface area (Å²) in [5, 5.41) is 2.26. The number of alkyl halides is 4. The molecule has 0 aliphatic heterocycles. The van der Waals surface area contributed by atoms with Crippen molar-refractivity contribution in [2.24, 2.45) is 0 Å². The molecule has 1 rings (SSSR count). The lowest BCUT2D eigenvalue weighted by Gasteiger charge is -2.24. The standard InChI is InChI=1S/C10H13F4NS/c1-3-6-4-5-7(16-6)8(15-2)10(13,14)9(11)12/h4-5,8-9,15H,3H2,1-2H3. The first-order valence-electron chi connectivity index (χ1n) is 4.85. The molecule has 0 aliphatic rings. The summed E-state index contributed by atoms with van der Waals surface area (Å²) in [6.45, 7) is 1.88. The zero-order valence-electron chi connectivity index (χ0n) is 8.94. The molecule has 1 nitrogen and oxygen atoms in total. The van der Waals surface area contributed by atoms with Crippen LogP contribution in [-0.4, -0.2) is 19.4 Å². The molecule has 0 bridgehead atoms. The summed E-state index contributed by atoms with van der Waals surface area (Å²) in [5.41, 5.74) is 0. The van der Waals surface area contributed by atoms with E-state index in [4.69, 9.17) is 0 Å². The summed E-state index contributed by atoms with van der Waals surface area (Å²) in [4.78, 5) is 1.14. The minimum Gasteiger partial charge on any atom is -0.307 e. The molecule has 0 aromatic carbocycles. The summed E-state index contributed by atoms with van der Waals surface area (Å²) in [5.74, 6) is -4.05. The Bertz CT molecular complexity index is 337. The molecule has 0 spiro atoms. The van der Waals surface area contributed by atoms with Crippen molar-refractivity contribution in [3.63, 3.8) is 0 Å². The third kappa shape index (κ3) is 2.55. The van der Waals surface area contributed by atoms with Gasteiger partial charge in [-0.15, -0.1) is 11.3 Å². The van der Waals surface area contributed by atoms with E-state index < -0.39 is 18.4 Å². The Balaban J connectivity index is 2.98. The maximum atomic E-state index is 13.2. The van der Waals surface area contributed by atoms with E-state index >= 15 is 0 Å². The molecule has 0 saturated heterocycles. The van der Waals surface area contributed by atoms with Gasteiger partial charge in [0, 0.05) is 9.75 Å².